The highest BCUT2D eigenvalue weighted by molar-refractivity contribution is 5.37. The van der Waals surface area contributed by atoms with E-state index in [0.717, 1.165) is 32.0 Å². The predicted molar refractivity (Wildman–Crippen MR) is 75.1 cm³/mol. The van der Waals surface area contributed by atoms with Crippen LogP contribution in [0.3, 0.4) is 0 Å². The van der Waals surface area contributed by atoms with Crippen molar-refractivity contribution in [1.82, 2.24) is 9.88 Å². The van der Waals surface area contributed by atoms with E-state index in [1.165, 1.54) is 5.56 Å². The second-order valence-electron chi connectivity index (χ2n) is 5.03. The van der Waals surface area contributed by atoms with Crippen LogP contribution in [-0.4, -0.2) is 53.4 Å². The fraction of sp³-hybridized carbons (Fsp3) is 0.643. The molecule has 1 aliphatic heterocycles. The molecule has 5 heteroatoms. The van der Waals surface area contributed by atoms with Gasteiger partial charge in [-0.1, -0.05) is 0 Å². The fourth-order valence-electron chi connectivity index (χ4n) is 2.48. The lowest BCUT2D eigenvalue weighted by Crippen LogP contribution is -2.47. The van der Waals surface area contributed by atoms with E-state index in [4.69, 9.17) is 4.74 Å². The van der Waals surface area contributed by atoms with E-state index in [9.17, 15) is 5.11 Å². The first-order chi connectivity index (χ1) is 9.21. The highest BCUT2D eigenvalue weighted by Gasteiger charge is 2.24. The summed E-state index contributed by atoms with van der Waals surface area (Å²) >= 11 is 0. The minimum absolute atomic E-state index is 0.0705. The summed E-state index contributed by atoms with van der Waals surface area (Å²) in [5.41, 5.74) is 1.23. The SMILES string of the molecule is CCNc1cc(CN2CC(C)OC(CO)C2)ccn1. The Morgan fingerprint density at radius 2 is 2.37 bits per heavy atom. The quantitative estimate of drug-likeness (QED) is 0.835. The van der Waals surface area contributed by atoms with Gasteiger partial charge in [0.2, 0.25) is 0 Å². The summed E-state index contributed by atoms with van der Waals surface area (Å²) in [6, 6.07) is 4.12. The first-order valence-corrected chi connectivity index (χ1v) is 6.88. The van der Waals surface area contributed by atoms with Crippen LogP contribution >= 0.6 is 0 Å². The lowest BCUT2D eigenvalue weighted by Gasteiger charge is -2.36. The van der Waals surface area contributed by atoms with Gasteiger partial charge < -0.3 is 15.2 Å². The molecule has 2 heterocycles. The predicted octanol–water partition coefficient (Wildman–Crippen LogP) is 1.09. The van der Waals surface area contributed by atoms with E-state index in [-0.39, 0.29) is 18.8 Å². The number of nitrogens with one attached hydrogen (secondary N) is 1. The van der Waals surface area contributed by atoms with E-state index < -0.39 is 0 Å². The van der Waals surface area contributed by atoms with Crippen LogP contribution in [0.1, 0.15) is 19.4 Å². The first-order valence-electron chi connectivity index (χ1n) is 6.88. The van der Waals surface area contributed by atoms with Crippen LogP contribution in [0.2, 0.25) is 0 Å². The number of pyridine rings is 1. The van der Waals surface area contributed by atoms with Crippen molar-refractivity contribution in [2.24, 2.45) is 0 Å². The molecule has 1 aliphatic rings. The third-order valence-electron chi connectivity index (χ3n) is 3.19. The van der Waals surface area contributed by atoms with Gasteiger partial charge in [0.25, 0.3) is 0 Å². The fourth-order valence-corrected chi connectivity index (χ4v) is 2.48. The molecular formula is C14H23N3O2. The lowest BCUT2D eigenvalue weighted by molar-refractivity contribution is -0.0972. The minimum Gasteiger partial charge on any atom is -0.394 e. The van der Waals surface area contributed by atoms with Gasteiger partial charge in [-0.25, -0.2) is 4.98 Å². The summed E-state index contributed by atoms with van der Waals surface area (Å²) < 4.78 is 5.65. The molecule has 106 valence electrons. The number of nitrogens with zero attached hydrogens (tertiary/aromatic N) is 2. The Labute approximate surface area is 114 Å². The maximum Gasteiger partial charge on any atom is 0.126 e. The maximum absolute atomic E-state index is 9.24. The molecule has 5 nitrogen and oxygen atoms in total. The van der Waals surface area contributed by atoms with Crippen LogP contribution in [-0.2, 0) is 11.3 Å². The van der Waals surface area contributed by atoms with Crippen molar-refractivity contribution in [3.63, 3.8) is 0 Å². The average Bonchev–Trinajstić information content (AvgIpc) is 2.39. The van der Waals surface area contributed by atoms with Crippen LogP contribution < -0.4 is 5.32 Å². The molecule has 2 N–H and O–H groups in total. The van der Waals surface area contributed by atoms with Crippen molar-refractivity contribution in [2.75, 3.05) is 31.6 Å². The highest BCUT2D eigenvalue weighted by Crippen LogP contribution is 2.15. The molecule has 0 bridgehead atoms. The third-order valence-corrected chi connectivity index (χ3v) is 3.19. The monoisotopic (exact) mass is 265 g/mol. The van der Waals surface area contributed by atoms with Gasteiger partial charge in [-0.15, -0.1) is 0 Å². The molecule has 19 heavy (non-hydrogen) atoms. The van der Waals surface area contributed by atoms with E-state index in [1.54, 1.807) is 0 Å². The van der Waals surface area contributed by atoms with Gasteiger partial charge in [0.1, 0.15) is 5.82 Å². The molecule has 2 unspecified atom stereocenters. The Morgan fingerprint density at radius 3 is 3.11 bits per heavy atom. The zero-order valence-corrected chi connectivity index (χ0v) is 11.7. The Bertz CT molecular complexity index is 400. The van der Waals surface area contributed by atoms with Crippen LogP contribution in [0.15, 0.2) is 18.3 Å². The first kappa shape index (κ1) is 14.2. The minimum atomic E-state index is -0.0705. The molecule has 0 aliphatic carbocycles. The van der Waals surface area contributed by atoms with Gasteiger partial charge in [0, 0.05) is 32.4 Å². The normalized spacial score (nSPS) is 24.4. The standard InChI is InChI=1S/C14H23N3O2/c1-3-15-14-6-12(4-5-16-14)8-17-7-11(2)19-13(9-17)10-18/h4-6,11,13,18H,3,7-10H2,1-2H3,(H,15,16). The Kier molecular flexibility index (Phi) is 5.13. The Balaban J connectivity index is 1.97. The molecule has 1 aromatic heterocycles. The van der Waals surface area contributed by atoms with E-state index in [1.807, 2.05) is 19.2 Å². The van der Waals surface area contributed by atoms with Gasteiger partial charge >= 0.3 is 0 Å². The van der Waals surface area contributed by atoms with Gasteiger partial charge in [-0.05, 0) is 31.5 Å². The molecule has 0 amide bonds. The van der Waals surface area contributed by atoms with Crippen LogP contribution in [0.25, 0.3) is 0 Å². The summed E-state index contributed by atoms with van der Waals surface area (Å²) in [4.78, 5) is 6.59. The van der Waals surface area contributed by atoms with Crippen molar-refractivity contribution in [1.29, 1.82) is 0 Å². The smallest absolute Gasteiger partial charge is 0.126 e. The van der Waals surface area contributed by atoms with Crippen molar-refractivity contribution >= 4 is 5.82 Å². The third kappa shape index (κ3) is 4.16. The molecule has 0 saturated carbocycles. The molecule has 2 atom stereocenters. The van der Waals surface area contributed by atoms with Crippen molar-refractivity contribution < 1.29 is 9.84 Å². The van der Waals surface area contributed by atoms with Crippen LogP contribution in [0.4, 0.5) is 5.82 Å². The second kappa shape index (κ2) is 6.84. The Morgan fingerprint density at radius 1 is 1.53 bits per heavy atom. The van der Waals surface area contributed by atoms with Gasteiger partial charge in [-0.3, -0.25) is 4.90 Å². The van der Waals surface area contributed by atoms with Gasteiger partial charge in [-0.2, -0.15) is 0 Å². The topological polar surface area (TPSA) is 57.6 Å². The molecule has 0 radical (unpaired) electrons. The number of rotatable bonds is 5. The van der Waals surface area contributed by atoms with Crippen LogP contribution in [0, 0.1) is 0 Å². The zero-order chi connectivity index (χ0) is 13.7. The van der Waals surface area contributed by atoms with Crippen molar-refractivity contribution in [2.45, 2.75) is 32.6 Å². The van der Waals surface area contributed by atoms with E-state index >= 15 is 0 Å². The Hall–Kier alpha value is -1.17. The number of morpholine rings is 1. The van der Waals surface area contributed by atoms with Crippen molar-refractivity contribution in [3.05, 3.63) is 23.9 Å². The van der Waals surface area contributed by atoms with E-state index in [0.29, 0.717) is 0 Å². The summed E-state index contributed by atoms with van der Waals surface area (Å²) in [6.45, 7) is 7.60. The van der Waals surface area contributed by atoms with Gasteiger partial charge in [0.15, 0.2) is 0 Å². The number of ether oxygens (including phenoxy) is 1. The molecule has 0 aromatic carbocycles. The number of hydrogen-bond acceptors (Lipinski definition) is 5. The summed E-state index contributed by atoms with van der Waals surface area (Å²) in [5.74, 6) is 0.917. The van der Waals surface area contributed by atoms with Crippen molar-refractivity contribution in [3.8, 4) is 0 Å². The number of aliphatic hydroxyl groups is 1. The molecule has 1 fully saturated rings. The molecule has 1 aromatic rings. The summed E-state index contributed by atoms with van der Waals surface area (Å²) in [6.07, 6.45) is 1.93. The second-order valence-corrected chi connectivity index (χ2v) is 5.03. The van der Waals surface area contributed by atoms with E-state index in [2.05, 4.69) is 28.2 Å². The molecule has 1 saturated heterocycles. The number of hydrogen-bond donors (Lipinski definition) is 2. The number of aliphatic hydroxyl groups excluding tert-OH is 1. The summed E-state index contributed by atoms with van der Waals surface area (Å²) in [7, 11) is 0. The summed E-state index contributed by atoms with van der Waals surface area (Å²) in [5, 5.41) is 12.5. The lowest BCUT2D eigenvalue weighted by atomic mass is 10.2. The molecular weight excluding hydrogens is 242 g/mol. The molecule has 0 spiro atoms. The number of anilines is 1. The van der Waals surface area contributed by atoms with Gasteiger partial charge in [0.05, 0.1) is 18.8 Å². The number of aromatic nitrogens is 1. The maximum atomic E-state index is 9.24. The highest BCUT2D eigenvalue weighted by atomic mass is 16.5. The zero-order valence-electron chi connectivity index (χ0n) is 11.7. The van der Waals surface area contributed by atoms with Crippen LogP contribution in [0.5, 0.6) is 0 Å². The molecule has 2 rings (SSSR count). The largest absolute Gasteiger partial charge is 0.394 e. The average molecular weight is 265 g/mol.